The maximum atomic E-state index is 9.40. The van der Waals surface area contributed by atoms with Crippen LogP contribution >= 0.6 is 15.9 Å². The molecule has 0 aromatic rings. The molecule has 78 valence electrons. The van der Waals surface area contributed by atoms with Crippen LogP contribution in [0, 0.1) is 16.7 Å². The maximum Gasteiger partial charge on any atom is 0.0490 e. The van der Waals surface area contributed by atoms with E-state index in [0.29, 0.717) is 5.92 Å². The second kappa shape index (κ2) is 3.87. The summed E-state index contributed by atoms with van der Waals surface area (Å²) >= 11 is 3.51. The van der Waals surface area contributed by atoms with E-state index in [0.717, 1.165) is 18.2 Å². The zero-order valence-corrected chi connectivity index (χ0v) is 9.97. The molecule has 0 unspecified atom stereocenters. The number of hydrogen-bond acceptors (Lipinski definition) is 2. The van der Waals surface area contributed by atoms with Crippen LogP contribution < -0.4 is 0 Å². The first-order chi connectivity index (χ1) is 6.04. The molecule has 3 heteroatoms. The minimum atomic E-state index is -0.0378. The van der Waals surface area contributed by atoms with E-state index in [-0.39, 0.29) is 24.0 Å². The summed E-state index contributed by atoms with van der Waals surface area (Å²) in [6.45, 7) is 4.72. The van der Waals surface area contributed by atoms with E-state index >= 15 is 0 Å². The lowest BCUT2D eigenvalue weighted by Crippen LogP contribution is -2.42. The van der Waals surface area contributed by atoms with E-state index in [1.807, 2.05) is 0 Å². The number of aliphatic hydroxyl groups is 2. The molecule has 0 saturated heterocycles. The fourth-order valence-corrected chi connectivity index (χ4v) is 3.55. The van der Waals surface area contributed by atoms with Gasteiger partial charge < -0.3 is 10.2 Å². The molecular weight excluding hydrogens is 232 g/mol. The summed E-state index contributed by atoms with van der Waals surface area (Å²) in [5.74, 6) is 0.323. The van der Waals surface area contributed by atoms with Gasteiger partial charge in [0.15, 0.2) is 0 Å². The first kappa shape index (κ1) is 11.5. The van der Waals surface area contributed by atoms with Crippen LogP contribution in [0.4, 0.5) is 0 Å². The molecular formula is C10H19BrO2. The van der Waals surface area contributed by atoms with E-state index < -0.39 is 0 Å². The number of hydrogen-bond donors (Lipinski definition) is 2. The number of rotatable bonds is 3. The normalized spacial score (nSPS) is 45.5. The molecule has 1 aliphatic rings. The van der Waals surface area contributed by atoms with Gasteiger partial charge in [-0.15, -0.1) is 0 Å². The quantitative estimate of drug-likeness (QED) is 0.751. The fourth-order valence-electron chi connectivity index (χ4n) is 2.41. The SMILES string of the molecule is C[C@]1(CO)CC[C@@H](CO)[C@]1(C)CBr. The van der Waals surface area contributed by atoms with Gasteiger partial charge >= 0.3 is 0 Å². The molecule has 0 amide bonds. The highest BCUT2D eigenvalue weighted by Crippen LogP contribution is 2.56. The maximum absolute atomic E-state index is 9.40. The molecule has 3 atom stereocenters. The molecule has 0 heterocycles. The number of alkyl halides is 1. The van der Waals surface area contributed by atoms with Gasteiger partial charge in [-0.1, -0.05) is 29.8 Å². The summed E-state index contributed by atoms with van der Waals surface area (Å²) in [5.41, 5.74) is -0.0135. The first-order valence-electron chi connectivity index (χ1n) is 4.82. The highest BCUT2D eigenvalue weighted by Gasteiger charge is 2.52. The molecule has 0 bridgehead atoms. The Bertz CT molecular complexity index is 186. The van der Waals surface area contributed by atoms with Crippen LogP contribution in [-0.2, 0) is 0 Å². The van der Waals surface area contributed by atoms with Gasteiger partial charge in [0.25, 0.3) is 0 Å². The fraction of sp³-hybridized carbons (Fsp3) is 1.00. The van der Waals surface area contributed by atoms with Gasteiger partial charge in [-0.2, -0.15) is 0 Å². The molecule has 2 N–H and O–H groups in total. The van der Waals surface area contributed by atoms with Gasteiger partial charge in [0.2, 0.25) is 0 Å². The summed E-state index contributed by atoms with van der Waals surface area (Å²) in [6.07, 6.45) is 2.03. The Morgan fingerprint density at radius 3 is 2.38 bits per heavy atom. The van der Waals surface area contributed by atoms with Crippen molar-refractivity contribution in [2.75, 3.05) is 18.5 Å². The van der Waals surface area contributed by atoms with Crippen LogP contribution in [-0.4, -0.2) is 28.8 Å². The van der Waals surface area contributed by atoms with Gasteiger partial charge in [0, 0.05) is 18.5 Å². The molecule has 0 radical (unpaired) electrons. The van der Waals surface area contributed by atoms with Gasteiger partial charge in [-0.05, 0) is 29.6 Å². The highest BCUT2D eigenvalue weighted by atomic mass is 79.9. The molecule has 13 heavy (non-hydrogen) atoms. The molecule has 1 saturated carbocycles. The predicted octanol–water partition coefficient (Wildman–Crippen LogP) is 1.79. The van der Waals surface area contributed by atoms with E-state index in [1.54, 1.807) is 0 Å². The zero-order valence-electron chi connectivity index (χ0n) is 8.39. The van der Waals surface area contributed by atoms with Crippen LogP contribution in [0.1, 0.15) is 26.7 Å². The Hall–Kier alpha value is 0.400. The van der Waals surface area contributed by atoms with Crippen molar-refractivity contribution in [1.29, 1.82) is 0 Å². The number of aliphatic hydroxyl groups excluding tert-OH is 2. The highest BCUT2D eigenvalue weighted by molar-refractivity contribution is 9.09. The Morgan fingerprint density at radius 1 is 1.38 bits per heavy atom. The standard InChI is InChI=1S/C10H19BrO2/c1-9(7-13)4-3-8(5-12)10(9,2)6-11/h8,12-13H,3-7H2,1-2H3/t8-,9+,10-/m0/s1. The Kier molecular flexibility index (Phi) is 3.42. The van der Waals surface area contributed by atoms with Crippen molar-refractivity contribution in [3.05, 3.63) is 0 Å². The molecule has 1 rings (SSSR count). The van der Waals surface area contributed by atoms with E-state index in [9.17, 15) is 10.2 Å². The van der Waals surface area contributed by atoms with Crippen molar-refractivity contribution >= 4 is 15.9 Å². The number of halogens is 1. The minimum absolute atomic E-state index is 0.0243. The zero-order chi connectivity index (χ0) is 10.1. The van der Waals surface area contributed by atoms with Crippen molar-refractivity contribution in [2.24, 2.45) is 16.7 Å². The smallest absolute Gasteiger partial charge is 0.0490 e. The molecule has 1 fully saturated rings. The Morgan fingerprint density at radius 2 is 2.00 bits per heavy atom. The summed E-state index contributed by atoms with van der Waals surface area (Å²) in [4.78, 5) is 0. The third-order valence-electron chi connectivity index (χ3n) is 4.17. The summed E-state index contributed by atoms with van der Waals surface area (Å²) in [7, 11) is 0. The first-order valence-corrected chi connectivity index (χ1v) is 5.94. The second-order valence-corrected chi connectivity index (χ2v) is 5.25. The molecule has 0 aliphatic heterocycles. The average molecular weight is 251 g/mol. The van der Waals surface area contributed by atoms with Gasteiger partial charge in [-0.25, -0.2) is 0 Å². The van der Waals surface area contributed by atoms with Crippen LogP contribution in [0.15, 0.2) is 0 Å². The van der Waals surface area contributed by atoms with Gasteiger partial charge in [0.05, 0.1) is 0 Å². The van der Waals surface area contributed by atoms with Gasteiger partial charge in [0.1, 0.15) is 0 Å². The third kappa shape index (κ3) is 1.55. The van der Waals surface area contributed by atoms with Crippen LogP contribution in [0.25, 0.3) is 0 Å². The summed E-state index contributed by atoms with van der Waals surface area (Å²) < 4.78 is 0. The topological polar surface area (TPSA) is 40.5 Å². The largest absolute Gasteiger partial charge is 0.396 e. The van der Waals surface area contributed by atoms with Crippen molar-refractivity contribution in [2.45, 2.75) is 26.7 Å². The van der Waals surface area contributed by atoms with Crippen molar-refractivity contribution in [3.8, 4) is 0 Å². The lowest BCUT2D eigenvalue weighted by atomic mass is 9.66. The second-order valence-electron chi connectivity index (χ2n) is 4.69. The van der Waals surface area contributed by atoms with E-state index in [2.05, 4.69) is 29.8 Å². The molecule has 0 spiro atoms. The van der Waals surface area contributed by atoms with E-state index in [1.165, 1.54) is 0 Å². The average Bonchev–Trinajstić information content (AvgIpc) is 2.41. The Balaban J connectivity index is 2.91. The summed E-state index contributed by atoms with van der Waals surface area (Å²) in [6, 6.07) is 0. The molecule has 2 nitrogen and oxygen atoms in total. The van der Waals surface area contributed by atoms with Crippen LogP contribution in [0.5, 0.6) is 0 Å². The third-order valence-corrected chi connectivity index (χ3v) is 5.34. The van der Waals surface area contributed by atoms with Crippen molar-refractivity contribution in [1.82, 2.24) is 0 Å². The van der Waals surface area contributed by atoms with Crippen molar-refractivity contribution < 1.29 is 10.2 Å². The molecule has 0 aromatic heterocycles. The minimum Gasteiger partial charge on any atom is -0.396 e. The Labute approximate surface area is 88.5 Å². The van der Waals surface area contributed by atoms with Crippen LogP contribution in [0.3, 0.4) is 0 Å². The van der Waals surface area contributed by atoms with Crippen molar-refractivity contribution in [3.63, 3.8) is 0 Å². The summed E-state index contributed by atoms with van der Waals surface area (Å²) in [5, 5.41) is 19.5. The van der Waals surface area contributed by atoms with Crippen LogP contribution in [0.2, 0.25) is 0 Å². The van der Waals surface area contributed by atoms with E-state index in [4.69, 9.17) is 0 Å². The molecule has 0 aromatic carbocycles. The lowest BCUT2D eigenvalue weighted by Gasteiger charge is -2.42. The molecule has 1 aliphatic carbocycles. The predicted molar refractivity (Wildman–Crippen MR) is 56.9 cm³/mol. The monoisotopic (exact) mass is 250 g/mol. The van der Waals surface area contributed by atoms with Gasteiger partial charge in [-0.3, -0.25) is 0 Å². The lowest BCUT2D eigenvalue weighted by molar-refractivity contribution is 0.0149.